The standard InChI is InChI=1S/C32H33F5O/c1-3-5-7-24-14-12-23(19-38-24)25-16-17-27(32(37)30(25)35)26-15-13-22(29(34)31(26)36)11-10-21-9-8-20(6-4-2)18-28(21)33/h3,8-9,13,15-18,23-24H,1,4-7,10-12,14,19H2,2H3. The Kier molecular flexibility index (Phi) is 9.37. The van der Waals surface area contributed by atoms with Gasteiger partial charge in [-0.15, -0.1) is 6.58 Å². The zero-order valence-corrected chi connectivity index (χ0v) is 21.6. The van der Waals surface area contributed by atoms with E-state index < -0.39 is 23.3 Å². The molecule has 1 fully saturated rings. The fourth-order valence-electron chi connectivity index (χ4n) is 5.17. The second-order valence-electron chi connectivity index (χ2n) is 10.0. The van der Waals surface area contributed by atoms with Gasteiger partial charge in [-0.2, -0.15) is 0 Å². The Hall–Kier alpha value is -2.99. The van der Waals surface area contributed by atoms with Crippen LogP contribution in [0.3, 0.4) is 0 Å². The van der Waals surface area contributed by atoms with Crippen molar-refractivity contribution in [2.75, 3.05) is 6.61 Å². The minimum Gasteiger partial charge on any atom is -0.378 e. The van der Waals surface area contributed by atoms with Crippen LogP contribution in [-0.4, -0.2) is 12.7 Å². The summed E-state index contributed by atoms with van der Waals surface area (Å²) in [5.41, 5.74) is 0.834. The molecule has 6 heteroatoms. The number of rotatable bonds is 10. The molecule has 0 bridgehead atoms. The van der Waals surface area contributed by atoms with Crippen LogP contribution >= 0.6 is 0 Å². The van der Waals surface area contributed by atoms with Gasteiger partial charge in [0, 0.05) is 17.0 Å². The molecular formula is C32H33F5O. The van der Waals surface area contributed by atoms with E-state index in [4.69, 9.17) is 4.74 Å². The predicted molar refractivity (Wildman–Crippen MR) is 141 cm³/mol. The molecule has 0 N–H and O–H groups in total. The minimum atomic E-state index is -1.25. The molecule has 202 valence electrons. The van der Waals surface area contributed by atoms with E-state index in [0.717, 1.165) is 37.7 Å². The van der Waals surface area contributed by atoms with Gasteiger partial charge in [0.1, 0.15) is 5.82 Å². The number of halogens is 5. The van der Waals surface area contributed by atoms with E-state index in [9.17, 15) is 8.78 Å². The van der Waals surface area contributed by atoms with E-state index in [-0.39, 0.29) is 59.5 Å². The monoisotopic (exact) mass is 528 g/mol. The zero-order valence-electron chi connectivity index (χ0n) is 21.6. The van der Waals surface area contributed by atoms with Crippen LogP contribution in [0.15, 0.2) is 55.1 Å². The van der Waals surface area contributed by atoms with Gasteiger partial charge >= 0.3 is 0 Å². The molecule has 1 heterocycles. The van der Waals surface area contributed by atoms with Crippen LogP contribution in [0, 0.1) is 29.1 Å². The smallest absolute Gasteiger partial charge is 0.167 e. The highest BCUT2D eigenvalue weighted by Gasteiger charge is 2.28. The van der Waals surface area contributed by atoms with E-state index in [0.29, 0.717) is 12.0 Å². The van der Waals surface area contributed by atoms with Crippen LogP contribution in [0.4, 0.5) is 22.0 Å². The van der Waals surface area contributed by atoms with Crippen molar-refractivity contribution in [1.82, 2.24) is 0 Å². The van der Waals surface area contributed by atoms with Gasteiger partial charge in [-0.3, -0.25) is 0 Å². The van der Waals surface area contributed by atoms with Gasteiger partial charge in [0.05, 0.1) is 12.7 Å². The van der Waals surface area contributed by atoms with Crippen molar-refractivity contribution in [1.29, 1.82) is 0 Å². The fraction of sp³-hybridized carbons (Fsp3) is 0.375. The highest BCUT2D eigenvalue weighted by molar-refractivity contribution is 5.66. The molecular weight excluding hydrogens is 495 g/mol. The average Bonchev–Trinajstić information content (AvgIpc) is 2.92. The predicted octanol–water partition coefficient (Wildman–Crippen LogP) is 9.02. The zero-order chi connectivity index (χ0) is 27.2. The molecule has 0 spiro atoms. The molecule has 1 nitrogen and oxygen atoms in total. The summed E-state index contributed by atoms with van der Waals surface area (Å²) >= 11 is 0. The molecule has 1 saturated heterocycles. The van der Waals surface area contributed by atoms with Gasteiger partial charge in [0.2, 0.25) is 0 Å². The second kappa shape index (κ2) is 12.7. The van der Waals surface area contributed by atoms with Gasteiger partial charge in [-0.05, 0) is 73.3 Å². The summed E-state index contributed by atoms with van der Waals surface area (Å²) < 4.78 is 80.4. The third kappa shape index (κ3) is 6.17. The van der Waals surface area contributed by atoms with E-state index in [2.05, 4.69) is 6.58 Å². The highest BCUT2D eigenvalue weighted by Crippen LogP contribution is 2.36. The van der Waals surface area contributed by atoms with Crippen molar-refractivity contribution in [3.8, 4) is 11.1 Å². The van der Waals surface area contributed by atoms with E-state index in [1.165, 1.54) is 30.3 Å². The normalized spacial score (nSPS) is 17.5. The summed E-state index contributed by atoms with van der Waals surface area (Å²) in [6.45, 7) is 5.98. The first-order chi connectivity index (χ1) is 18.3. The minimum absolute atomic E-state index is 0.0474. The second-order valence-corrected chi connectivity index (χ2v) is 10.0. The molecule has 4 rings (SSSR count). The van der Waals surface area contributed by atoms with Crippen LogP contribution in [0.5, 0.6) is 0 Å². The molecule has 38 heavy (non-hydrogen) atoms. The Balaban J connectivity index is 1.49. The number of hydrogen-bond donors (Lipinski definition) is 0. The molecule has 0 aliphatic carbocycles. The van der Waals surface area contributed by atoms with Crippen molar-refractivity contribution < 1.29 is 26.7 Å². The number of hydrogen-bond acceptors (Lipinski definition) is 1. The summed E-state index contributed by atoms with van der Waals surface area (Å²) in [4.78, 5) is 0. The third-order valence-electron chi connectivity index (χ3n) is 7.39. The van der Waals surface area contributed by atoms with Crippen LogP contribution < -0.4 is 0 Å². The highest BCUT2D eigenvalue weighted by atomic mass is 19.2. The maximum atomic E-state index is 15.1. The summed E-state index contributed by atoms with van der Waals surface area (Å²) in [7, 11) is 0. The molecule has 1 aliphatic heterocycles. The number of aryl methyl sites for hydroxylation is 3. The lowest BCUT2D eigenvalue weighted by atomic mass is 9.88. The maximum Gasteiger partial charge on any atom is 0.167 e. The van der Waals surface area contributed by atoms with Gasteiger partial charge in [-0.1, -0.05) is 55.8 Å². The van der Waals surface area contributed by atoms with E-state index in [1.807, 2.05) is 19.1 Å². The van der Waals surface area contributed by atoms with Crippen LogP contribution in [0.1, 0.15) is 67.2 Å². The molecule has 1 aliphatic rings. The summed E-state index contributed by atoms with van der Waals surface area (Å²) in [6.07, 6.45) is 6.86. The fourth-order valence-corrected chi connectivity index (χ4v) is 5.17. The average molecular weight is 529 g/mol. The lowest BCUT2D eigenvalue weighted by molar-refractivity contribution is -0.000881. The van der Waals surface area contributed by atoms with Crippen molar-refractivity contribution in [3.63, 3.8) is 0 Å². The van der Waals surface area contributed by atoms with Gasteiger partial charge in [-0.25, -0.2) is 22.0 Å². The van der Waals surface area contributed by atoms with Gasteiger partial charge in [0.15, 0.2) is 23.3 Å². The summed E-state index contributed by atoms with van der Waals surface area (Å²) in [5, 5.41) is 0. The Morgan fingerprint density at radius 2 is 1.50 bits per heavy atom. The molecule has 3 aromatic carbocycles. The van der Waals surface area contributed by atoms with Crippen LogP contribution in [0.25, 0.3) is 11.1 Å². The largest absolute Gasteiger partial charge is 0.378 e. The Morgan fingerprint density at radius 3 is 2.16 bits per heavy atom. The summed E-state index contributed by atoms with van der Waals surface area (Å²) in [6, 6.07) is 10.3. The maximum absolute atomic E-state index is 15.1. The summed E-state index contributed by atoms with van der Waals surface area (Å²) in [5.74, 6) is -5.34. The van der Waals surface area contributed by atoms with E-state index >= 15 is 13.2 Å². The lowest BCUT2D eigenvalue weighted by Crippen LogP contribution is -2.25. The Bertz CT molecular complexity index is 1280. The van der Waals surface area contributed by atoms with Crippen LogP contribution in [0.2, 0.25) is 0 Å². The number of benzene rings is 3. The van der Waals surface area contributed by atoms with Crippen molar-refractivity contribution >= 4 is 0 Å². The Labute approximate surface area is 221 Å². The molecule has 2 atom stereocenters. The number of allylic oxidation sites excluding steroid dienone is 1. The van der Waals surface area contributed by atoms with Gasteiger partial charge < -0.3 is 4.74 Å². The molecule has 3 aromatic rings. The molecule has 0 saturated carbocycles. The first-order valence-electron chi connectivity index (χ1n) is 13.3. The quantitative estimate of drug-likeness (QED) is 0.188. The Morgan fingerprint density at radius 1 is 0.816 bits per heavy atom. The van der Waals surface area contributed by atoms with Crippen molar-refractivity contribution in [2.45, 2.75) is 70.3 Å². The topological polar surface area (TPSA) is 9.23 Å². The number of ether oxygens (including phenoxy) is 1. The first-order valence-corrected chi connectivity index (χ1v) is 13.3. The first kappa shape index (κ1) is 28.0. The lowest BCUT2D eigenvalue weighted by Gasteiger charge is -2.29. The molecule has 0 aromatic heterocycles. The van der Waals surface area contributed by atoms with Gasteiger partial charge in [0.25, 0.3) is 0 Å². The van der Waals surface area contributed by atoms with E-state index in [1.54, 1.807) is 6.07 Å². The van der Waals surface area contributed by atoms with Crippen molar-refractivity contribution in [2.24, 2.45) is 0 Å². The molecule has 0 amide bonds. The van der Waals surface area contributed by atoms with Crippen molar-refractivity contribution in [3.05, 3.63) is 106 Å². The third-order valence-corrected chi connectivity index (χ3v) is 7.39. The molecule has 2 unspecified atom stereocenters. The van der Waals surface area contributed by atoms with Crippen LogP contribution in [-0.2, 0) is 24.0 Å². The molecule has 0 radical (unpaired) electrons. The SMILES string of the molecule is C=CCCC1CCC(c2ccc(-c3ccc(CCc4ccc(CCC)cc4F)c(F)c3F)c(F)c2F)CO1.